The lowest BCUT2D eigenvalue weighted by Gasteiger charge is -2.09. The number of rotatable bonds is 7. The molecule has 0 unspecified atom stereocenters. The molecule has 2 amide bonds. The van der Waals surface area contributed by atoms with Gasteiger partial charge in [-0.1, -0.05) is 36.4 Å². The highest BCUT2D eigenvalue weighted by atomic mass is 79.9. The highest BCUT2D eigenvalue weighted by Crippen LogP contribution is 2.25. The molecule has 0 saturated heterocycles. The Balaban J connectivity index is 1.51. The van der Waals surface area contributed by atoms with Gasteiger partial charge in [0.25, 0.3) is 11.8 Å². The van der Waals surface area contributed by atoms with E-state index in [9.17, 15) is 9.59 Å². The topological polar surface area (TPSA) is 79.8 Å². The summed E-state index contributed by atoms with van der Waals surface area (Å²) in [7, 11) is 0. The van der Waals surface area contributed by atoms with E-state index in [0.29, 0.717) is 21.5 Å². The van der Waals surface area contributed by atoms with E-state index in [2.05, 4.69) is 31.8 Å². The third-order valence-corrected chi connectivity index (χ3v) is 4.41. The average molecular weight is 452 g/mol. The van der Waals surface area contributed by atoms with E-state index in [1.54, 1.807) is 54.6 Å². The van der Waals surface area contributed by atoms with Crippen molar-refractivity contribution in [2.75, 3.05) is 11.9 Å². The number of nitrogens with zero attached hydrogens (tertiary/aromatic N) is 1. The van der Waals surface area contributed by atoms with Gasteiger partial charge in [0.1, 0.15) is 5.75 Å². The number of nitrogens with one attached hydrogen (secondary N) is 2. The van der Waals surface area contributed by atoms with E-state index in [4.69, 9.17) is 4.74 Å². The monoisotopic (exact) mass is 451 g/mol. The van der Waals surface area contributed by atoms with E-state index < -0.39 is 0 Å². The summed E-state index contributed by atoms with van der Waals surface area (Å²) in [6.45, 7) is -0.117. The van der Waals surface area contributed by atoms with Crippen molar-refractivity contribution < 1.29 is 14.3 Å². The molecule has 0 aliphatic heterocycles. The largest absolute Gasteiger partial charge is 0.483 e. The van der Waals surface area contributed by atoms with E-state index >= 15 is 0 Å². The van der Waals surface area contributed by atoms with Crippen molar-refractivity contribution in [3.63, 3.8) is 0 Å². The van der Waals surface area contributed by atoms with Crippen molar-refractivity contribution in [2.45, 2.75) is 0 Å². The first kappa shape index (κ1) is 20.3. The highest BCUT2D eigenvalue weighted by Gasteiger charge is 2.07. The zero-order valence-corrected chi connectivity index (χ0v) is 16.9. The van der Waals surface area contributed by atoms with Crippen LogP contribution in [0.1, 0.15) is 15.9 Å². The second kappa shape index (κ2) is 10.2. The Kier molecular flexibility index (Phi) is 7.13. The van der Waals surface area contributed by atoms with Crippen molar-refractivity contribution in [3.05, 3.63) is 94.5 Å². The van der Waals surface area contributed by atoms with Crippen LogP contribution in [0, 0.1) is 0 Å². The first-order valence-electron chi connectivity index (χ1n) is 8.77. The van der Waals surface area contributed by atoms with Crippen LogP contribution in [0.2, 0.25) is 0 Å². The molecule has 0 atom stereocenters. The number of hydrazone groups is 1. The van der Waals surface area contributed by atoms with Crippen LogP contribution in [-0.2, 0) is 4.79 Å². The van der Waals surface area contributed by atoms with E-state index in [1.165, 1.54) is 6.21 Å². The van der Waals surface area contributed by atoms with E-state index in [1.807, 2.05) is 24.3 Å². The molecule has 0 saturated carbocycles. The smallest absolute Gasteiger partial charge is 0.271 e. The molecule has 0 heterocycles. The Bertz CT molecular complexity index is 1010. The van der Waals surface area contributed by atoms with E-state index in [-0.39, 0.29) is 18.4 Å². The maximum atomic E-state index is 12.0. The zero-order chi connectivity index (χ0) is 20.5. The number of anilines is 1. The quantitative estimate of drug-likeness (QED) is 0.416. The Labute approximate surface area is 176 Å². The maximum Gasteiger partial charge on any atom is 0.271 e. The lowest BCUT2D eigenvalue weighted by atomic mass is 10.2. The Morgan fingerprint density at radius 3 is 2.34 bits per heavy atom. The number of hydrogen-bond acceptors (Lipinski definition) is 4. The van der Waals surface area contributed by atoms with Crippen molar-refractivity contribution >= 4 is 39.6 Å². The fraction of sp³-hybridized carbons (Fsp3) is 0.0455. The summed E-state index contributed by atoms with van der Waals surface area (Å²) >= 11 is 3.42. The predicted molar refractivity (Wildman–Crippen MR) is 116 cm³/mol. The number of carbonyl (C=O) groups excluding carboxylic acids is 2. The number of amides is 2. The molecule has 3 aromatic carbocycles. The van der Waals surface area contributed by atoms with Gasteiger partial charge in [0.2, 0.25) is 0 Å². The minimum absolute atomic E-state index is 0.117. The molecule has 0 fully saturated rings. The fourth-order valence-electron chi connectivity index (χ4n) is 2.40. The van der Waals surface area contributed by atoms with Crippen molar-refractivity contribution in [1.82, 2.24) is 5.43 Å². The van der Waals surface area contributed by atoms with E-state index in [0.717, 1.165) is 5.56 Å². The van der Waals surface area contributed by atoms with Gasteiger partial charge in [0.05, 0.1) is 10.7 Å². The molecular weight excluding hydrogens is 434 g/mol. The fourth-order valence-corrected chi connectivity index (χ4v) is 2.91. The number of halogens is 1. The highest BCUT2D eigenvalue weighted by molar-refractivity contribution is 9.10. The summed E-state index contributed by atoms with van der Waals surface area (Å²) < 4.78 is 6.22. The summed E-state index contributed by atoms with van der Waals surface area (Å²) in [4.78, 5) is 23.9. The minimum Gasteiger partial charge on any atom is -0.483 e. The first-order valence-corrected chi connectivity index (χ1v) is 9.57. The van der Waals surface area contributed by atoms with Crippen LogP contribution in [-0.4, -0.2) is 24.6 Å². The molecule has 0 bridgehead atoms. The van der Waals surface area contributed by atoms with Crippen LogP contribution < -0.4 is 15.5 Å². The van der Waals surface area contributed by atoms with Crippen molar-refractivity contribution in [2.24, 2.45) is 5.10 Å². The molecule has 0 radical (unpaired) electrons. The number of para-hydroxylation sites is 1. The summed E-state index contributed by atoms with van der Waals surface area (Å²) in [6.07, 6.45) is 1.53. The van der Waals surface area contributed by atoms with Gasteiger partial charge in [-0.05, 0) is 64.0 Å². The lowest BCUT2D eigenvalue weighted by molar-refractivity contribution is -0.118. The molecule has 3 aromatic rings. The summed E-state index contributed by atoms with van der Waals surface area (Å²) in [5.41, 5.74) is 4.47. The predicted octanol–water partition coefficient (Wildman–Crippen LogP) is 4.23. The molecule has 2 N–H and O–H groups in total. The minimum atomic E-state index is -0.287. The van der Waals surface area contributed by atoms with Gasteiger partial charge in [-0.2, -0.15) is 5.10 Å². The molecule has 29 heavy (non-hydrogen) atoms. The molecule has 0 spiro atoms. The maximum absolute atomic E-state index is 12.0. The van der Waals surface area contributed by atoms with Crippen LogP contribution >= 0.6 is 15.9 Å². The molecule has 3 rings (SSSR count). The molecule has 146 valence electrons. The summed E-state index contributed by atoms with van der Waals surface area (Å²) in [5.74, 6) is -0.0126. The van der Waals surface area contributed by atoms with Crippen LogP contribution in [0.5, 0.6) is 5.75 Å². The van der Waals surface area contributed by atoms with Gasteiger partial charge in [0.15, 0.2) is 6.61 Å². The third-order valence-electron chi connectivity index (χ3n) is 3.79. The molecule has 0 aliphatic rings. The molecule has 0 aliphatic carbocycles. The number of hydrogen-bond donors (Lipinski definition) is 2. The second-order valence-electron chi connectivity index (χ2n) is 5.96. The van der Waals surface area contributed by atoms with Gasteiger partial charge in [-0.25, -0.2) is 5.43 Å². The number of benzene rings is 3. The van der Waals surface area contributed by atoms with Gasteiger partial charge >= 0.3 is 0 Å². The second-order valence-corrected chi connectivity index (χ2v) is 6.81. The summed E-state index contributed by atoms with van der Waals surface area (Å²) in [6, 6.07) is 23.3. The standard InChI is InChI=1S/C22H18BrN3O3/c23-19-13-16(14-24-26-22(28)17-7-3-1-4-8-17)11-12-20(19)29-15-21(27)25-18-9-5-2-6-10-18/h1-14H,15H2,(H,25,27)(H,26,28)/b24-14+. The van der Waals surface area contributed by atoms with Gasteiger partial charge in [0, 0.05) is 11.3 Å². The Morgan fingerprint density at radius 1 is 0.966 bits per heavy atom. The van der Waals surface area contributed by atoms with Crippen LogP contribution in [0.4, 0.5) is 5.69 Å². The Hall–Kier alpha value is -3.45. The number of carbonyl (C=O) groups is 2. The van der Waals surface area contributed by atoms with Crippen molar-refractivity contribution in [1.29, 1.82) is 0 Å². The molecular formula is C22H18BrN3O3. The normalized spacial score (nSPS) is 10.5. The summed E-state index contributed by atoms with van der Waals surface area (Å²) in [5, 5.41) is 6.71. The molecule has 7 heteroatoms. The number of ether oxygens (including phenoxy) is 1. The van der Waals surface area contributed by atoms with Gasteiger partial charge in [-0.15, -0.1) is 0 Å². The molecule has 6 nitrogen and oxygen atoms in total. The first-order chi connectivity index (χ1) is 14.1. The van der Waals surface area contributed by atoms with Crippen LogP contribution in [0.3, 0.4) is 0 Å². The Morgan fingerprint density at radius 2 is 1.66 bits per heavy atom. The van der Waals surface area contributed by atoms with Crippen LogP contribution in [0.25, 0.3) is 0 Å². The van der Waals surface area contributed by atoms with Crippen molar-refractivity contribution in [3.8, 4) is 5.75 Å². The van der Waals surface area contributed by atoms with Gasteiger partial charge < -0.3 is 10.1 Å². The lowest BCUT2D eigenvalue weighted by Crippen LogP contribution is -2.20. The average Bonchev–Trinajstić information content (AvgIpc) is 2.74. The zero-order valence-electron chi connectivity index (χ0n) is 15.3. The molecule has 0 aromatic heterocycles. The van der Waals surface area contributed by atoms with Crippen LogP contribution in [0.15, 0.2) is 88.4 Å². The van der Waals surface area contributed by atoms with Gasteiger partial charge in [-0.3, -0.25) is 9.59 Å². The SMILES string of the molecule is O=C(COc1ccc(/C=N/NC(=O)c2ccccc2)cc1Br)Nc1ccccc1. The third kappa shape index (κ3) is 6.29.